The van der Waals surface area contributed by atoms with Gasteiger partial charge in [-0.05, 0) is 211 Å². The van der Waals surface area contributed by atoms with Gasteiger partial charge in [-0.25, -0.2) is 27.4 Å². The Morgan fingerprint density at radius 1 is 0.165 bits per heavy atom. The molecule has 0 aliphatic carbocycles. The highest BCUT2D eigenvalue weighted by Crippen LogP contribution is 2.42. The third kappa shape index (κ3) is 21.7. The summed E-state index contributed by atoms with van der Waals surface area (Å²) in [6.07, 6.45) is 15.0. The Hall–Kier alpha value is -15.2. The molecule has 0 fully saturated rings. The molecular weight excluding hydrogens is 1540 g/mol. The molecule has 624 valence electrons. The number of hydrogen-bond donors (Lipinski definition) is 0. The minimum Gasteiger partial charge on any atom is -0.232 e. The van der Waals surface area contributed by atoms with Gasteiger partial charge in [0.15, 0.2) is 31.0 Å². The molecule has 0 radical (unpaired) electrons. The fourth-order valence-corrected chi connectivity index (χ4v) is 16.4. The monoisotopic (exact) mass is 1650 g/mol. The maximum absolute atomic E-state index is 2.36. The van der Waals surface area contributed by atoms with Gasteiger partial charge in [0.1, 0.15) is 53.3 Å². The van der Waals surface area contributed by atoms with Crippen molar-refractivity contribution in [2.24, 2.45) is 42.3 Å². The molecule has 0 N–H and O–H groups in total. The summed E-state index contributed by atoms with van der Waals surface area (Å²) in [5.74, 6) is 1.15. The zero-order valence-electron chi connectivity index (χ0n) is 75.8. The maximum Gasteiger partial charge on any atom is 0.294 e. The van der Waals surface area contributed by atoms with Crippen molar-refractivity contribution in [3.8, 4) is 140 Å². The van der Waals surface area contributed by atoms with E-state index in [0.29, 0.717) is 0 Å². The molecule has 7 nitrogen and oxygen atoms in total. The Balaban J connectivity index is 0.000000128. The molecule has 0 aliphatic heterocycles. The molecule has 0 saturated carbocycles. The van der Waals surface area contributed by atoms with E-state index in [1.165, 1.54) is 179 Å². The van der Waals surface area contributed by atoms with Crippen LogP contribution in [-0.4, -0.2) is 4.57 Å². The molecule has 0 aliphatic rings. The van der Waals surface area contributed by atoms with Crippen LogP contribution in [0.5, 0.6) is 0 Å². The molecule has 19 aromatic rings. The van der Waals surface area contributed by atoms with Gasteiger partial charge < -0.3 is 0 Å². The molecule has 19 rings (SSSR count). The van der Waals surface area contributed by atoms with Gasteiger partial charge in [-0.2, -0.15) is 4.57 Å². The van der Waals surface area contributed by atoms with E-state index in [1.807, 2.05) is 12.1 Å². The van der Waals surface area contributed by atoms with E-state index >= 15 is 0 Å². The largest absolute Gasteiger partial charge is 0.294 e. The summed E-state index contributed by atoms with van der Waals surface area (Å²) >= 11 is 0. The zero-order chi connectivity index (χ0) is 88.7. The number of rotatable bonds is 13. The highest BCUT2D eigenvalue weighted by molar-refractivity contribution is 5.91. The fourth-order valence-electron chi connectivity index (χ4n) is 16.4. The number of imidazole rings is 1. The number of aryl methyl sites for hydroxylation is 14. The lowest BCUT2D eigenvalue weighted by Crippen LogP contribution is -2.31. The van der Waals surface area contributed by atoms with Crippen LogP contribution in [0.3, 0.4) is 0 Å². The first kappa shape index (κ1) is 88.1. The predicted molar refractivity (Wildman–Crippen MR) is 528 cm³/mol. The molecule has 0 unspecified atom stereocenters. The van der Waals surface area contributed by atoms with Crippen molar-refractivity contribution in [2.45, 2.75) is 55.4 Å². The lowest BCUT2D eigenvalue weighted by molar-refractivity contribution is -0.660. The van der Waals surface area contributed by atoms with Crippen molar-refractivity contribution in [3.63, 3.8) is 0 Å². The molecule has 6 heterocycles. The minimum absolute atomic E-state index is 1.15. The first-order valence-corrected chi connectivity index (χ1v) is 43.7. The molecule has 13 aromatic carbocycles. The van der Waals surface area contributed by atoms with Crippen LogP contribution in [0.1, 0.15) is 44.5 Å². The van der Waals surface area contributed by atoms with Gasteiger partial charge in [0.2, 0.25) is 28.5 Å². The standard InChI is InChI=1S/C35H29N2.3C19H18N.C15H18N.C13H14N/c1-26-14-12-13-21-31(26)35-36(2)22-23-37(35)34-32(28-17-8-4-9-18-28)24-30(27-15-6-3-7-16-27)25-33(34)29-19-10-5-11-20-29;1-15-8-6-7-11-18(15)19-14-17(12-13-20(19)2)16-9-4-3-5-10-16;1-15-8-6-7-11-18(15)19-13-12-17(14-20(19)2)16-9-4-3-5-10-16;1-15-11-12-17(16-8-4-3-5-9-16)14-18(15)19-10-6-7-13-20(19)2;1-11-7-5-6-8-14(11)15-9-12(2)13(3)10-16(15)4;1-11-7-3-4-8-12(11)13-9-5-6-10-14(13)2/h3-25H,1-2H3;3*3-14H,1-2H3;5-10H,1-4H3;3-10H,1-2H3/q6*+1. The average molecular weight is 1660 g/mol. The third-order valence-electron chi connectivity index (χ3n) is 23.7. The molecule has 0 spiro atoms. The predicted octanol–water partition coefficient (Wildman–Crippen LogP) is 26.3. The normalized spacial score (nSPS) is 10.6. The minimum atomic E-state index is 1.15. The summed E-state index contributed by atoms with van der Waals surface area (Å²) in [6.45, 7) is 17.3. The molecular formula is C120H115N7+6. The van der Waals surface area contributed by atoms with Gasteiger partial charge in [0, 0.05) is 98.6 Å². The van der Waals surface area contributed by atoms with Crippen LogP contribution >= 0.6 is 0 Å². The van der Waals surface area contributed by atoms with Crippen molar-refractivity contribution in [2.75, 3.05) is 0 Å². The van der Waals surface area contributed by atoms with E-state index in [4.69, 9.17) is 0 Å². The summed E-state index contributed by atoms with van der Waals surface area (Å²) in [7, 11) is 12.6. The second kappa shape index (κ2) is 42.3. The Bertz CT molecular complexity index is 6660. The van der Waals surface area contributed by atoms with Crippen LogP contribution in [0.4, 0.5) is 0 Å². The van der Waals surface area contributed by atoms with Crippen LogP contribution in [0.25, 0.3) is 140 Å². The first-order chi connectivity index (χ1) is 61.8. The van der Waals surface area contributed by atoms with Crippen LogP contribution in [0.15, 0.2) is 444 Å². The van der Waals surface area contributed by atoms with Crippen molar-refractivity contribution in [1.29, 1.82) is 0 Å². The Morgan fingerprint density at radius 2 is 0.480 bits per heavy atom. The smallest absolute Gasteiger partial charge is 0.232 e. The van der Waals surface area contributed by atoms with Crippen molar-refractivity contribution < 1.29 is 27.4 Å². The number of benzene rings is 13. The van der Waals surface area contributed by atoms with Crippen LogP contribution in [0, 0.1) is 55.4 Å². The van der Waals surface area contributed by atoms with Crippen molar-refractivity contribution >= 4 is 0 Å². The molecule has 6 aromatic heterocycles. The quantitative estimate of drug-likeness (QED) is 0.103. The Kier molecular flexibility index (Phi) is 29.3. The van der Waals surface area contributed by atoms with Gasteiger partial charge in [0.05, 0.1) is 12.6 Å². The van der Waals surface area contributed by atoms with Gasteiger partial charge in [-0.15, -0.1) is 0 Å². The highest BCUT2D eigenvalue weighted by atomic mass is 15.1. The number of nitrogens with zero attached hydrogens (tertiary/aromatic N) is 7. The fraction of sp³-hybridized carbons (Fsp3) is 0.117. The number of aromatic nitrogens is 7. The molecule has 0 atom stereocenters. The van der Waals surface area contributed by atoms with Gasteiger partial charge >= 0.3 is 0 Å². The summed E-state index contributed by atoms with van der Waals surface area (Å²) in [4.78, 5) is 0. The van der Waals surface area contributed by atoms with Gasteiger partial charge in [-0.3, -0.25) is 0 Å². The highest BCUT2D eigenvalue weighted by Gasteiger charge is 2.28. The van der Waals surface area contributed by atoms with Crippen LogP contribution in [-0.2, 0) is 42.3 Å². The molecule has 0 bridgehead atoms. The number of pyridine rings is 5. The molecule has 0 amide bonds. The van der Waals surface area contributed by atoms with Gasteiger partial charge in [-0.1, -0.05) is 285 Å². The van der Waals surface area contributed by atoms with E-state index in [2.05, 4.69) is 561 Å². The topological polar surface area (TPSA) is 28.2 Å². The summed E-state index contributed by atoms with van der Waals surface area (Å²) < 4.78 is 15.5. The molecule has 0 saturated heterocycles. The van der Waals surface area contributed by atoms with Crippen LogP contribution in [0.2, 0.25) is 0 Å². The molecule has 7 heteroatoms. The average Bonchev–Trinajstić information content (AvgIpc) is 1.68. The lowest BCUT2D eigenvalue weighted by Gasteiger charge is -2.17. The van der Waals surface area contributed by atoms with E-state index in [1.54, 1.807) is 0 Å². The summed E-state index contributed by atoms with van der Waals surface area (Å²) in [5.41, 5.74) is 40.3. The second-order valence-corrected chi connectivity index (χ2v) is 32.7. The van der Waals surface area contributed by atoms with E-state index < -0.39 is 0 Å². The van der Waals surface area contributed by atoms with Crippen molar-refractivity contribution in [3.05, 3.63) is 488 Å². The van der Waals surface area contributed by atoms with Crippen molar-refractivity contribution in [1.82, 2.24) is 4.57 Å². The second-order valence-electron chi connectivity index (χ2n) is 32.7. The van der Waals surface area contributed by atoms with Gasteiger partial charge in [0.25, 0.3) is 5.82 Å². The van der Waals surface area contributed by atoms with E-state index in [9.17, 15) is 0 Å². The van der Waals surface area contributed by atoms with Crippen LogP contribution < -0.4 is 27.4 Å². The zero-order valence-corrected chi connectivity index (χ0v) is 75.8. The summed E-state index contributed by atoms with van der Waals surface area (Å²) in [5, 5.41) is 0. The van der Waals surface area contributed by atoms with E-state index in [0.717, 1.165) is 5.82 Å². The Labute approximate surface area is 753 Å². The lowest BCUT2D eigenvalue weighted by atomic mass is 9.90. The van der Waals surface area contributed by atoms with E-state index in [-0.39, 0.29) is 0 Å². The Morgan fingerprint density at radius 3 is 0.906 bits per heavy atom. The number of hydrogen-bond acceptors (Lipinski definition) is 0. The summed E-state index contributed by atoms with van der Waals surface area (Å²) in [6, 6.07) is 141. The third-order valence-corrected chi connectivity index (χ3v) is 23.7. The first-order valence-electron chi connectivity index (χ1n) is 43.7. The SMILES string of the molecule is Cc1cc(-c2ccccc2C)[n+](C)cc1C.Cc1ccc(-c2ccccc2)cc1-c1cccc[n+]1C.Cc1ccccc1-c1cc(-c2ccccc2)cc[n+]1C.Cc1ccccc1-c1ccc(-c2ccccc2)c[n+]1C.Cc1ccccc1-c1cccc[n+]1C.Cc1ccccc1-c1n(-c2c(-c3ccccc3)cc(-c3ccccc3)cc2-c2ccccc2)cc[n+]1C. The maximum atomic E-state index is 2.36. The molecule has 127 heavy (non-hydrogen) atoms.